The molecule has 0 atom stereocenters. The Morgan fingerprint density at radius 2 is 1.35 bits per heavy atom. The van der Waals surface area contributed by atoms with E-state index in [4.69, 9.17) is 18.1 Å². The van der Waals surface area contributed by atoms with Crippen LogP contribution in [-0.2, 0) is 18.1 Å². The zero-order valence-corrected chi connectivity index (χ0v) is 14.1. The van der Waals surface area contributed by atoms with E-state index in [1.54, 1.807) is 4.78 Å². The van der Waals surface area contributed by atoms with Gasteiger partial charge in [0.2, 0.25) is 0 Å². The van der Waals surface area contributed by atoms with Crippen LogP contribution in [-0.4, -0.2) is 27.2 Å². The molecule has 7 heteroatoms. The standard InChI is InChI=1S/C16H19N2O4P/c1-19-23(20-2,21-3)18(15-12-8-5-9-13-15)17-16(22-23)14-10-6-4-7-11-14/h4-13H,1-3H3. The summed E-state index contributed by atoms with van der Waals surface area (Å²) in [5, 5.41) is 4.58. The Morgan fingerprint density at radius 1 is 0.826 bits per heavy atom. The normalized spacial score (nSPS) is 20.2. The molecule has 0 aromatic heterocycles. The van der Waals surface area contributed by atoms with Crippen LogP contribution in [0.25, 0.3) is 0 Å². The molecule has 23 heavy (non-hydrogen) atoms. The van der Waals surface area contributed by atoms with Crippen molar-refractivity contribution in [2.75, 3.05) is 26.1 Å². The molecule has 0 fully saturated rings. The molecule has 1 aliphatic heterocycles. The quantitative estimate of drug-likeness (QED) is 0.775. The molecule has 0 N–H and O–H groups in total. The number of rotatable bonds is 5. The molecule has 2 aromatic rings. The second-order valence-electron chi connectivity index (χ2n) is 4.81. The van der Waals surface area contributed by atoms with Gasteiger partial charge in [-0.3, -0.25) is 0 Å². The third-order valence-corrected chi connectivity index (χ3v) is 6.91. The molecule has 1 heterocycles. The summed E-state index contributed by atoms with van der Waals surface area (Å²) in [6, 6.07) is 19.1. The van der Waals surface area contributed by atoms with E-state index in [2.05, 4.69) is 5.10 Å². The molecule has 0 saturated heterocycles. The molecule has 0 saturated carbocycles. The minimum absolute atomic E-state index is 0.387. The van der Waals surface area contributed by atoms with Crippen LogP contribution in [0, 0.1) is 0 Å². The van der Waals surface area contributed by atoms with Crippen LogP contribution in [0.1, 0.15) is 5.56 Å². The molecule has 0 amide bonds. The van der Waals surface area contributed by atoms with Gasteiger partial charge in [-0.1, -0.05) is 0 Å². The zero-order valence-electron chi connectivity index (χ0n) is 13.2. The summed E-state index contributed by atoms with van der Waals surface area (Å²) in [6.07, 6.45) is 0. The number of hydrogen-bond donors (Lipinski definition) is 0. The van der Waals surface area contributed by atoms with E-state index in [1.165, 1.54) is 21.3 Å². The Morgan fingerprint density at radius 3 is 1.87 bits per heavy atom. The maximum atomic E-state index is 6.08. The Hall–Kier alpha value is -1.98. The Kier molecular flexibility index (Phi) is 4.08. The van der Waals surface area contributed by atoms with E-state index in [-0.39, 0.29) is 0 Å². The molecule has 6 nitrogen and oxygen atoms in total. The Labute approximate surface area is 135 Å². The van der Waals surface area contributed by atoms with E-state index in [0.717, 1.165) is 11.3 Å². The summed E-state index contributed by atoms with van der Waals surface area (Å²) in [5.74, 6) is 0.387. The summed E-state index contributed by atoms with van der Waals surface area (Å²) in [5.41, 5.74) is 1.56. The first kappa shape index (κ1) is 15.9. The molecule has 3 rings (SSSR count). The summed E-state index contributed by atoms with van der Waals surface area (Å²) in [6.45, 7) is 0. The Bertz CT molecular complexity index is 694. The van der Waals surface area contributed by atoms with E-state index in [0.29, 0.717) is 5.90 Å². The zero-order chi connectivity index (χ0) is 16.4. The minimum atomic E-state index is -4.08. The van der Waals surface area contributed by atoms with Crippen molar-refractivity contribution < 1.29 is 18.1 Å². The number of benzene rings is 2. The predicted molar refractivity (Wildman–Crippen MR) is 90.9 cm³/mol. The first-order valence-corrected chi connectivity index (χ1v) is 8.94. The summed E-state index contributed by atoms with van der Waals surface area (Å²) < 4.78 is 24.7. The molecule has 0 radical (unpaired) electrons. The second kappa shape index (κ2) is 5.91. The fourth-order valence-corrected chi connectivity index (χ4v) is 4.81. The molecule has 0 aliphatic carbocycles. The maximum absolute atomic E-state index is 6.08. The van der Waals surface area contributed by atoms with Gasteiger partial charge in [-0.2, -0.15) is 0 Å². The molecule has 2 aromatic carbocycles. The number of hydrogen-bond acceptors (Lipinski definition) is 6. The second-order valence-corrected chi connectivity index (χ2v) is 8.01. The van der Waals surface area contributed by atoms with Crippen molar-refractivity contribution >= 4 is 19.2 Å². The monoisotopic (exact) mass is 334 g/mol. The van der Waals surface area contributed by atoms with Crippen molar-refractivity contribution in [3.8, 4) is 0 Å². The van der Waals surface area contributed by atoms with E-state index >= 15 is 0 Å². The van der Waals surface area contributed by atoms with Crippen LogP contribution in [0.2, 0.25) is 0 Å². The fourth-order valence-electron chi connectivity index (χ4n) is 2.43. The van der Waals surface area contributed by atoms with Gasteiger partial charge in [0.1, 0.15) is 0 Å². The third-order valence-electron chi connectivity index (χ3n) is 3.66. The summed E-state index contributed by atoms with van der Waals surface area (Å²) in [7, 11) is 0.389. The first-order chi connectivity index (χ1) is 11.2. The average Bonchev–Trinajstić information content (AvgIpc) is 3.01. The SMILES string of the molecule is COP1(OC)(OC)OC(c2ccccc2)=NN1c1ccccc1. The molecule has 122 valence electrons. The molecular formula is C16H19N2O4P. The third kappa shape index (κ3) is 2.40. The fraction of sp³-hybridized carbons (Fsp3) is 0.188. The molecule has 0 bridgehead atoms. The van der Waals surface area contributed by atoms with Gasteiger partial charge in [-0.15, -0.1) is 0 Å². The number of nitrogens with zero attached hydrogens (tertiary/aromatic N) is 2. The topological polar surface area (TPSA) is 52.5 Å². The average molecular weight is 334 g/mol. The van der Waals surface area contributed by atoms with Gasteiger partial charge in [0, 0.05) is 0 Å². The van der Waals surface area contributed by atoms with Crippen molar-refractivity contribution in [1.82, 2.24) is 0 Å². The summed E-state index contributed by atoms with van der Waals surface area (Å²) in [4.78, 5) is 0. The molecular weight excluding hydrogens is 315 g/mol. The van der Waals surface area contributed by atoms with Crippen molar-refractivity contribution in [1.29, 1.82) is 0 Å². The van der Waals surface area contributed by atoms with Crippen molar-refractivity contribution in [3.05, 3.63) is 66.2 Å². The molecule has 0 unspecified atom stereocenters. The first-order valence-electron chi connectivity index (χ1n) is 7.08. The van der Waals surface area contributed by atoms with Crippen LogP contribution < -0.4 is 4.78 Å². The van der Waals surface area contributed by atoms with Crippen LogP contribution in [0.3, 0.4) is 0 Å². The van der Waals surface area contributed by atoms with Gasteiger partial charge in [0.25, 0.3) is 0 Å². The van der Waals surface area contributed by atoms with Gasteiger partial charge >= 0.3 is 135 Å². The predicted octanol–water partition coefficient (Wildman–Crippen LogP) is 3.95. The molecule has 0 spiro atoms. The van der Waals surface area contributed by atoms with Gasteiger partial charge in [-0.25, -0.2) is 0 Å². The van der Waals surface area contributed by atoms with Crippen molar-refractivity contribution in [2.45, 2.75) is 0 Å². The van der Waals surface area contributed by atoms with Crippen LogP contribution in [0.15, 0.2) is 65.8 Å². The number of anilines is 1. The van der Waals surface area contributed by atoms with Crippen LogP contribution in [0.4, 0.5) is 5.69 Å². The van der Waals surface area contributed by atoms with Crippen molar-refractivity contribution in [2.24, 2.45) is 5.10 Å². The van der Waals surface area contributed by atoms with Crippen LogP contribution >= 0.6 is 7.66 Å². The number of hydrazone groups is 1. The van der Waals surface area contributed by atoms with Gasteiger partial charge < -0.3 is 0 Å². The molecule has 1 aliphatic rings. The number of para-hydroxylation sites is 1. The van der Waals surface area contributed by atoms with Crippen molar-refractivity contribution in [3.63, 3.8) is 0 Å². The van der Waals surface area contributed by atoms with E-state index in [1.807, 2.05) is 60.7 Å². The Balaban J connectivity index is 2.15. The van der Waals surface area contributed by atoms with Crippen LogP contribution in [0.5, 0.6) is 0 Å². The van der Waals surface area contributed by atoms with E-state index < -0.39 is 7.66 Å². The van der Waals surface area contributed by atoms with Gasteiger partial charge in [-0.05, 0) is 0 Å². The van der Waals surface area contributed by atoms with Gasteiger partial charge in [0.05, 0.1) is 0 Å². The summed E-state index contributed by atoms with van der Waals surface area (Å²) >= 11 is 0. The van der Waals surface area contributed by atoms with Gasteiger partial charge in [0.15, 0.2) is 0 Å². The van der Waals surface area contributed by atoms with E-state index in [9.17, 15) is 0 Å².